The standard InChI is InChI=1S/C19H20N4O4S/c1-12(17(24)20-8-13-6-4-5-7-16(13)26-3)27-19(25)15-11-28-18(22-15)14-9-21-23(2)10-14/h4-7,9-12H,8H2,1-3H3,(H,20,24). The van der Waals surface area contributed by atoms with Gasteiger partial charge in [0.15, 0.2) is 11.8 Å². The van der Waals surface area contributed by atoms with E-state index in [2.05, 4.69) is 15.4 Å². The molecular weight excluding hydrogens is 380 g/mol. The molecule has 0 saturated carbocycles. The van der Waals surface area contributed by atoms with Crippen LogP contribution in [-0.2, 0) is 23.1 Å². The molecule has 0 fully saturated rings. The van der Waals surface area contributed by atoms with Gasteiger partial charge in [0.2, 0.25) is 0 Å². The van der Waals surface area contributed by atoms with Gasteiger partial charge in [-0.15, -0.1) is 11.3 Å². The third-order valence-electron chi connectivity index (χ3n) is 3.96. The first-order valence-corrected chi connectivity index (χ1v) is 9.41. The van der Waals surface area contributed by atoms with Crippen LogP contribution < -0.4 is 10.1 Å². The van der Waals surface area contributed by atoms with Gasteiger partial charge in [-0.05, 0) is 13.0 Å². The smallest absolute Gasteiger partial charge is 0.358 e. The zero-order chi connectivity index (χ0) is 20.1. The van der Waals surface area contributed by atoms with Crippen molar-refractivity contribution in [3.63, 3.8) is 0 Å². The van der Waals surface area contributed by atoms with Gasteiger partial charge in [-0.1, -0.05) is 18.2 Å². The van der Waals surface area contributed by atoms with Gasteiger partial charge in [-0.3, -0.25) is 9.48 Å². The number of thiazole rings is 1. The van der Waals surface area contributed by atoms with E-state index in [1.807, 2.05) is 30.5 Å². The molecule has 0 aliphatic carbocycles. The van der Waals surface area contributed by atoms with E-state index in [-0.39, 0.29) is 12.2 Å². The van der Waals surface area contributed by atoms with Crippen molar-refractivity contribution in [1.82, 2.24) is 20.1 Å². The first-order chi connectivity index (χ1) is 13.5. The summed E-state index contributed by atoms with van der Waals surface area (Å²) < 4.78 is 12.1. The highest BCUT2D eigenvalue weighted by molar-refractivity contribution is 7.13. The summed E-state index contributed by atoms with van der Waals surface area (Å²) in [6.07, 6.45) is 2.52. The highest BCUT2D eigenvalue weighted by Crippen LogP contribution is 2.23. The monoisotopic (exact) mass is 400 g/mol. The SMILES string of the molecule is COc1ccccc1CNC(=O)C(C)OC(=O)c1csc(-c2cnn(C)c2)n1. The van der Waals surface area contributed by atoms with Crippen molar-refractivity contribution >= 4 is 23.2 Å². The Labute approximate surface area is 166 Å². The van der Waals surface area contributed by atoms with Crippen LogP contribution in [0.2, 0.25) is 0 Å². The van der Waals surface area contributed by atoms with E-state index >= 15 is 0 Å². The number of carbonyl (C=O) groups excluding carboxylic acids is 2. The number of nitrogens with zero attached hydrogens (tertiary/aromatic N) is 3. The normalized spacial score (nSPS) is 11.7. The number of amides is 1. The molecule has 8 nitrogen and oxygen atoms in total. The zero-order valence-corrected chi connectivity index (χ0v) is 16.5. The maximum absolute atomic E-state index is 12.3. The molecule has 0 saturated heterocycles. The van der Waals surface area contributed by atoms with Crippen molar-refractivity contribution < 1.29 is 19.1 Å². The molecule has 0 radical (unpaired) electrons. The third-order valence-corrected chi connectivity index (χ3v) is 4.86. The summed E-state index contributed by atoms with van der Waals surface area (Å²) in [7, 11) is 3.37. The molecule has 0 aliphatic rings. The Morgan fingerprint density at radius 2 is 2.11 bits per heavy atom. The maximum atomic E-state index is 12.3. The number of carbonyl (C=O) groups is 2. The molecule has 146 valence electrons. The number of para-hydroxylation sites is 1. The van der Waals surface area contributed by atoms with Gasteiger partial charge in [0.1, 0.15) is 10.8 Å². The number of rotatable bonds is 7. The first-order valence-electron chi connectivity index (χ1n) is 8.53. The number of aryl methyl sites for hydroxylation is 1. The molecule has 1 N–H and O–H groups in total. The van der Waals surface area contributed by atoms with Crippen molar-refractivity contribution in [3.8, 4) is 16.3 Å². The number of methoxy groups -OCH3 is 1. The van der Waals surface area contributed by atoms with E-state index < -0.39 is 18.0 Å². The second kappa shape index (κ2) is 8.66. The molecule has 28 heavy (non-hydrogen) atoms. The molecule has 1 amide bonds. The van der Waals surface area contributed by atoms with E-state index in [9.17, 15) is 9.59 Å². The quantitative estimate of drug-likeness (QED) is 0.612. The molecule has 3 rings (SSSR count). The van der Waals surface area contributed by atoms with Gasteiger partial charge in [0.25, 0.3) is 5.91 Å². The van der Waals surface area contributed by atoms with Crippen LogP contribution in [0, 0.1) is 0 Å². The van der Waals surface area contributed by atoms with Crippen LogP contribution in [0.3, 0.4) is 0 Å². The first kappa shape index (κ1) is 19.6. The van der Waals surface area contributed by atoms with Crippen molar-refractivity contribution in [3.05, 3.63) is 53.3 Å². The minimum absolute atomic E-state index is 0.160. The second-order valence-electron chi connectivity index (χ2n) is 6.02. The highest BCUT2D eigenvalue weighted by atomic mass is 32.1. The number of nitrogens with one attached hydrogen (secondary N) is 1. The number of hydrogen-bond donors (Lipinski definition) is 1. The summed E-state index contributed by atoms with van der Waals surface area (Å²) in [5.41, 5.74) is 1.81. The topological polar surface area (TPSA) is 95.3 Å². The van der Waals surface area contributed by atoms with Crippen LogP contribution in [0.15, 0.2) is 42.0 Å². The molecule has 0 aliphatic heterocycles. The Morgan fingerprint density at radius 1 is 1.32 bits per heavy atom. The molecule has 0 spiro atoms. The van der Waals surface area contributed by atoms with Gasteiger partial charge in [-0.25, -0.2) is 9.78 Å². The summed E-state index contributed by atoms with van der Waals surface area (Å²) in [6.45, 7) is 1.79. The highest BCUT2D eigenvalue weighted by Gasteiger charge is 2.21. The Balaban J connectivity index is 1.56. The summed E-state index contributed by atoms with van der Waals surface area (Å²) in [5, 5.41) is 9.08. The lowest BCUT2D eigenvalue weighted by molar-refractivity contribution is -0.129. The summed E-state index contributed by atoms with van der Waals surface area (Å²) in [4.78, 5) is 28.8. The fourth-order valence-corrected chi connectivity index (χ4v) is 3.25. The number of ether oxygens (including phenoxy) is 2. The Kier molecular flexibility index (Phi) is 6.05. The molecule has 9 heteroatoms. The lowest BCUT2D eigenvalue weighted by Gasteiger charge is -2.14. The molecular formula is C19H20N4O4S. The molecule has 2 heterocycles. The van der Waals surface area contributed by atoms with Crippen molar-refractivity contribution in [2.24, 2.45) is 7.05 Å². The van der Waals surface area contributed by atoms with E-state index in [1.54, 1.807) is 30.4 Å². The van der Waals surface area contributed by atoms with Crippen molar-refractivity contribution in [2.45, 2.75) is 19.6 Å². The predicted octanol–water partition coefficient (Wildman–Crippen LogP) is 2.41. The molecule has 3 aromatic rings. The number of esters is 1. The zero-order valence-electron chi connectivity index (χ0n) is 15.7. The van der Waals surface area contributed by atoms with Crippen LogP contribution in [0.4, 0.5) is 0 Å². The van der Waals surface area contributed by atoms with Gasteiger partial charge in [-0.2, -0.15) is 5.10 Å². The average Bonchev–Trinajstić information content (AvgIpc) is 3.35. The Morgan fingerprint density at radius 3 is 2.82 bits per heavy atom. The largest absolute Gasteiger partial charge is 0.496 e. The fourth-order valence-electron chi connectivity index (χ4n) is 2.48. The Hall–Kier alpha value is -3.20. The molecule has 1 aromatic carbocycles. The average molecular weight is 400 g/mol. The van der Waals surface area contributed by atoms with Gasteiger partial charge in [0, 0.05) is 36.3 Å². The van der Waals surface area contributed by atoms with Crippen LogP contribution in [0.25, 0.3) is 10.6 Å². The summed E-state index contributed by atoms with van der Waals surface area (Å²) >= 11 is 1.31. The number of hydrogen-bond acceptors (Lipinski definition) is 7. The number of benzene rings is 1. The molecule has 1 atom stereocenters. The number of aromatic nitrogens is 3. The summed E-state index contributed by atoms with van der Waals surface area (Å²) in [5.74, 6) is -0.369. The fraction of sp³-hybridized carbons (Fsp3) is 0.263. The van der Waals surface area contributed by atoms with Crippen LogP contribution in [0.5, 0.6) is 5.75 Å². The van der Waals surface area contributed by atoms with Crippen LogP contribution in [0.1, 0.15) is 23.0 Å². The lowest BCUT2D eigenvalue weighted by atomic mass is 10.2. The van der Waals surface area contributed by atoms with Gasteiger partial charge in [0.05, 0.1) is 13.3 Å². The lowest BCUT2D eigenvalue weighted by Crippen LogP contribution is -2.35. The van der Waals surface area contributed by atoms with Gasteiger partial charge >= 0.3 is 5.97 Å². The maximum Gasteiger partial charge on any atom is 0.358 e. The summed E-state index contributed by atoms with van der Waals surface area (Å²) in [6, 6.07) is 7.37. The van der Waals surface area contributed by atoms with Crippen LogP contribution >= 0.6 is 11.3 Å². The third kappa shape index (κ3) is 4.55. The van der Waals surface area contributed by atoms with E-state index in [4.69, 9.17) is 9.47 Å². The van der Waals surface area contributed by atoms with E-state index in [0.29, 0.717) is 10.8 Å². The second-order valence-corrected chi connectivity index (χ2v) is 6.88. The minimum Gasteiger partial charge on any atom is -0.496 e. The molecule has 0 bridgehead atoms. The van der Waals surface area contributed by atoms with Crippen LogP contribution in [-0.4, -0.2) is 39.9 Å². The van der Waals surface area contributed by atoms with Gasteiger partial charge < -0.3 is 14.8 Å². The molecule has 1 unspecified atom stereocenters. The van der Waals surface area contributed by atoms with Crippen molar-refractivity contribution in [1.29, 1.82) is 0 Å². The molecule has 2 aromatic heterocycles. The predicted molar refractivity (Wildman–Crippen MR) is 104 cm³/mol. The van der Waals surface area contributed by atoms with Crippen molar-refractivity contribution in [2.75, 3.05) is 7.11 Å². The Bertz CT molecular complexity index is 982. The minimum atomic E-state index is -0.953. The van der Waals surface area contributed by atoms with E-state index in [1.165, 1.54) is 18.3 Å². The van der Waals surface area contributed by atoms with E-state index in [0.717, 1.165) is 11.1 Å².